The highest BCUT2D eigenvalue weighted by Crippen LogP contribution is 2.10. The van der Waals surface area contributed by atoms with Crippen molar-refractivity contribution in [3.8, 4) is 0 Å². The lowest BCUT2D eigenvalue weighted by Crippen LogP contribution is -2.29. The first-order valence-corrected chi connectivity index (χ1v) is 6.36. The van der Waals surface area contributed by atoms with Crippen LogP contribution in [0.5, 0.6) is 0 Å². The van der Waals surface area contributed by atoms with Gasteiger partial charge in [0.05, 0.1) is 13.0 Å². The zero-order valence-electron chi connectivity index (χ0n) is 10.4. The van der Waals surface area contributed by atoms with E-state index >= 15 is 0 Å². The highest BCUT2D eigenvalue weighted by molar-refractivity contribution is 9.10. The summed E-state index contributed by atoms with van der Waals surface area (Å²) < 4.78 is 5.41. The zero-order valence-corrected chi connectivity index (χ0v) is 11.9. The molecule has 0 aromatic carbocycles. The summed E-state index contributed by atoms with van der Waals surface area (Å²) in [5.41, 5.74) is 0.531. The van der Waals surface area contributed by atoms with Gasteiger partial charge in [-0.05, 0) is 35.0 Å². The highest BCUT2D eigenvalue weighted by Gasteiger charge is 2.13. The third kappa shape index (κ3) is 4.44. The van der Waals surface area contributed by atoms with E-state index in [1.54, 1.807) is 32.3 Å². The third-order valence-corrected chi connectivity index (χ3v) is 2.71. The van der Waals surface area contributed by atoms with Crippen LogP contribution in [0.3, 0.4) is 0 Å². The lowest BCUT2D eigenvalue weighted by Gasteiger charge is -2.16. The van der Waals surface area contributed by atoms with Crippen molar-refractivity contribution in [1.82, 2.24) is 9.88 Å². The van der Waals surface area contributed by atoms with Gasteiger partial charge in [0, 0.05) is 25.4 Å². The van der Waals surface area contributed by atoms with Crippen LogP contribution in [0.4, 0.5) is 0 Å². The van der Waals surface area contributed by atoms with Crippen LogP contribution in [-0.4, -0.2) is 42.0 Å². The maximum atomic E-state index is 12.0. The lowest BCUT2D eigenvalue weighted by atomic mass is 10.2. The summed E-state index contributed by atoms with van der Waals surface area (Å²) in [6, 6.07) is 3.27. The Hall–Kier alpha value is -1.43. The first-order valence-electron chi connectivity index (χ1n) is 5.57. The summed E-state index contributed by atoms with van der Waals surface area (Å²) in [6.07, 6.45) is 1.75. The largest absolute Gasteiger partial charge is 0.466 e. The number of aromatic nitrogens is 1. The van der Waals surface area contributed by atoms with Gasteiger partial charge in [-0.15, -0.1) is 0 Å². The van der Waals surface area contributed by atoms with Crippen LogP contribution < -0.4 is 0 Å². The van der Waals surface area contributed by atoms with Gasteiger partial charge >= 0.3 is 5.97 Å². The van der Waals surface area contributed by atoms with E-state index in [2.05, 4.69) is 20.9 Å². The summed E-state index contributed by atoms with van der Waals surface area (Å²) in [7, 11) is 1.65. The molecular formula is C12H15BrN2O3. The van der Waals surface area contributed by atoms with E-state index in [4.69, 9.17) is 4.74 Å². The maximum absolute atomic E-state index is 12.0. The van der Waals surface area contributed by atoms with Crippen LogP contribution in [0.15, 0.2) is 22.9 Å². The van der Waals surface area contributed by atoms with Crippen LogP contribution in [0.2, 0.25) is 0 Å². The molecule has 1 rings (SSSR count). The Balaban J connectivity index is 2.54. The minimum absolute atomic E-state index is 0.151. The number of ether oxygens (including phenoxy) is 1. The molecule has 18 heavy (non-hydrogen) atoms. The van der Waals surface area contributed by atoms with Crippen molar-refractivity contribution in [2.75, 3.05) is 20.2 Å². The average molecular weight is 315 g/mol. The van der Waals surface area contributed by atoms with Gasteiger partial charge in [0.2, 0.25) is 0 Å². The minimum atomic E-state index is -0.298. The molecule has 0 atom stereocenters. The van der Waals surface area contributed by atoms with Gasteiger partial charge < -0.3 is 9.64 Å². The van der Waals surface area contributed by atoms with E-state index in [1.165, 1.54) is 4.90 Å². The Kier molecular flexibility index (Phi) is 5.77. The molecule has 5 nitrogen and oxygen atoms in total. The number of halogens is 1. The zero-order chi connectivity index (χ0) is 13.5. The molecule has 0 N–H and O–H groups in total. The maximum Gasteiger partial charge on any atom is 0.307 e. The molecule has 0 saturated carbocycles. The summed E-state index contributed by atoms with van der Waals surface area (Å²) in [5, 5.41) is 0. The number of hydrogen-bond acceptors (Lipinski definition) is 4. The normalized spacial score (nSPS) is 9.94. The SMILES string of the molecule is CCOC(=O)CCN(C)C(=O)c1ccnc(Br)c1. The number of hydrogen-bond donors (Lipinski definition) is 0. The third-order valence-electron chi connectivity index (χ3n) is 2.28. The van der Waals surface area contributed by atoms with Crippen molar-refractivity contribution in [3.63, 3.8) is 0 Å². The van der Waals surface area contributed by atoms with Gasteiger partial charge in [-0.3, -0.25) is 9.59 Å². The molecular weight excluding hydrogens is 300 g/mol. The monoisotopic (exact) mass is 314 g/mol. The van der Waals surface area contributed by atoms with E-state index in [9.17, 15) is 9.59 Å². The van der Waals surface area contributed by atoms with Crippen LogP contribution in [0.1, 0.15) is 23.7 Å². The Morgan fingerprint density at radius 3 is 2.83 bits per heavy atom. The predicted octanol–water partition coefficient (Wildman–Crippen LogP) is 1.87. The van der Waals surface area contributed by atoms with E-state index in [0.29, 0.717) is 23.3 Å². The summed E-state index contributed by atoms with van der Waals surface area (Å²) in [5.74, 6) is -0.449. The van der Waals surface area contributed by atoms with E-state index in [-0.39, 0.29) is 18.3 Å². The Morgan fingerprint density at radius 1 is 1.50 bits per heavy atom. The van der Waals surface area contributed by atoms with Crippen molar-refractivity contribution >= 4 is 27.8 Å². The molecule has 0 saturated heterocycles. The molecule has 1 aromatic heterocycles. The van der Waals surface area contributed by atoms with Gasteiger partial charge in [0.25, 0.3) is 5.91 Å². The van der Waals surface area contributed by atoms with Gasteiger partial charge in [0.15, 0.2) is 0 Å². The number of rotatable bonds is 5. The molecule has 1 amide bonds. The Bertz CT molecular complexity index is 437. The summed E-state index contributed by atoms with van der Waals surface area (Å²) in [6.45, 7) is 2.44. The van der Waals surface area contributed by atoms with Crippen molar-refractivity contribution in [2.24, 2.45) is 0 Å². The van der Waals surface area contributed by atoms with Crippen molar-refractivity contribution in [2.45, 2.75) is 13.3 Å². The van der Waals surface area contributed by atoms with Crippen molar-refractivity contribution < 1.29 is 14.3 Å². The summed E-state index contributed by atoms with van der Waals surface area (Å²) in [4.78, 5) is 28.6. The number of pyridine rings is 1. The number of carbonyl (C=O) groups excluding carboxylic acids is 2. The fourth-order valence-electron chi connectivity index (χ4n) is 1.35. The highest BCUT2D eigenvalue weighted by atomic mass is 79.9. The predicted molar refractivity (Wildman–Crippen MR) is 70.1 cm³/mol. The molecule has 0 aliphatic heterocycles. The van der Waals surface area contributed by atoms with Crippen molar-refractivity contribution in [1.29, 1.82) is 0 Å². The smallest absolute Gasteiger partial charge is 0.307 e. The molecule has 0 spiro atoms. The molecule has 0 fully saturated rings. The number of carbonyl (C=O) groups is 2. The van der Waals surface area contributed by atoms with Gasteiger partial charge in [-0.2, -0.15) is 0 Å². The van der Waals surface area contributed by atoms with Gasteiger partial charge in [-0.25, -0.2) is 4.98 Å². The average Bonchev–Trinajstić information content (AvgIpc) is 2.35. The first kappa shape index (κ1) is 14.6. The fraction of sp³-hybridized carbons (Fsp3) is 0.417. The van der Waals surface area contributed by atoms with E-state index in [1.807, 2.05) is 0 Å². The van der Waals surface area contributed by atoms with Crippen molar-refractivity contribution in [3.05, 3.63) is 28.5 Å². The minimum Gasteiger partial charge on any atom is -0.466 e. The van der Waals surface area contributed by atoms with E-state index < -0.39 is 0 Å². The molecule has 0 aliphatic carbocycles. The Morgan fingerprint density at radius 2 is 2.22 bits per heavy atom. The molecule has 0 radical (unpaired) electrons. The Labute approximate surface area is 114 Å². The molecule has 0 aliphatic rings. The standard InChI is InChI=1S/C12H15BrN2O3/c1-3-18-11(16)5-7-15(2)12(17)9-4-6-14-10(13)8-9/h4,6,8H,3,5,7H2,1-2H3. The number of nitrogens with zero attached hydrogens (tertiary/aromatic N) is 2. The van der Waals surface area contributed by atoms with Crippen LogP contribution >= 0.6 is 15.9 Å². The topological polar surface area (TPSA) is 59.5 Å². The molecule has 1 heterocycles. The molecule has 6 heteroatoms. The van der Waals surface area contributed by atoms with E-state index in [0.717, 1.165) is 0 Å². The number of amides is 1. The first-order chi connectivity index (χ1) is 8.54. The summed E-state index contributed by atoms with van der Waals surface area (Å²) >= 11 is 3.21. The lowest BCUT2D eigenvalue weighted by molar-refractivity contribution is -0.143. The second kappa shape index (κ2) is 7.10. The second-order valence-corrected chi connectivity index (χ2v) is 4.46. The molecule has 98 valence electrons. The van der Waals surface area contributed by atoms with Gasteiger partial charge in [-0.1, -0.05) is 0 Å². The van der Waals surface area contributed by atoms with Crippen LogP contribution in [-0.2, 0) is 9.53 Å². The molecule has 0 unspecified atom stereocenters. The second-order valence-electron chi connectivity index (χ2n) is 3.65. The van der Waals surface area contributed by atoms with Crippen LogP contribution in [0, 0.1) is 0 Å². The molecule has 0 bridgehead atoms. The quantitative estimate of drug-likeness (QED) is 0.615. The molecule has 1 aromatic rings. The fourth-order valence-corrected chi connectivity index (χ4v) is 1.71. The van der Waals surface area contributed by atoms with Gasteiger partial charge in [0.1, 0.15) is 4.60 Å². The number of esters is 1. The van der Waals surface area contributed by atoms with Crippen LogP contribution in [0.25, 0.3) is 0 Å².